The summed E-state index contributed by atoms with van der Waals surface area (Å²) in [6.07, 6.45) is 11.0. The number of rotatable bonds is 2. The van der Waals surface area contributed by atoms with Crippen molar-refractivity contribution in [2.24, 2.45) is 0 Å². The topological polar surface area (TPSA) is 32.3 Å². The first-order valence-electron chi connectivity index (χ1n) is 7.29. The molecule has 1 atom stereocenters. The summed E-state index contributed by atoms with van der Waals surface area (Å²) in [5, 5.41) is 3.41. The van der Waals surface area contributed by atoms with Crippen molar-refractivity contribution in [2.75, 3.05) is 13.6 Å². The van der Waals surface area contributed by atoms with Gasteiger partial charge in [0.2, 0.25) is 5.91 Å². The predicted octanol–water partition coefficient (Wildman–Crippen LogP) is 2.31. The lowest BCUT2D eigenvalue weighted by atomic mass is 9.94. The molecule has 1 amide bonds. The third kappa shape index (κ3) is 3.44. The Labute approximate surface area is 105 Å². The van der Waals surface area contributed by atoms with Crippen LogP contribution in [-0.2, 0) is 4.79 Å². The monoisotopic (exact) mass is 238 g/mol. The van der Waals surface area contributed by atoms with Gasteiger partial charge in [0.05, 0.1) is 6.04 Å². The molecule has 1 N–H and O–H groups in total. The van der Waals surface area contributed by atoms with E-state index in [0.717, 1.165) is 13.0 Å². The van der Waals surface area contributed by atoms with E-state index in [1.807, 2.05) is 11.9 Å². The molecule has 1 unspecified atom stereocenters. The average molecular weight is 238 g/mol. The number of nitrogens with zero attached hydrogens (tertiary/aromatic N) is 1. The lowest BCUT2D eigenvalue weighted by Gasteiger charge is -2.33. The van der Waals surface area contributed by atoms with Crippen molar-refractivity contribution >= 4 is 5.91 Å². The fourth-order valence-electron chi connectivity index (χ4n) is 3.13. The van der Waals surface area contributed by atoms with Crippen LogP contribution in [0.3, 0.4) is 0 Å². The van der Waals surface area contributed by atoms with Crippen molar-refractivity contribution in [1.29, 1.82) is 0 Å². The van der Waals surface area contributed by atoms with Gasteiger partial charge in [-0.3, -0.25) is 4.79 Å². The quantitative estimate of drug-likeness (QED) is 0.800. The maximum absolute atomic E-state index is 12.4. The van der Waals surface area contributed by atoms with Crippen molar-refractivity contribution in [3.8, 4) is 0 Å². The van der Waals surface area contributed by atoms with E-state index in [9.17, 15) is 4.79 Å². The molecule has 17 heavy (non-hydrogen) atoms. The summed E-state index contributed by atoms with van der Waals surface area (Å²) in [5.41, 5.74) is 0. The summed E-state index contributed by atoms with van der Waals surface area (Å²) in [4.78, 5) is 14.4. The van der Waals surface area contributed by atoms with Crippen LogP contribution < -0.4 is 5.32 Å². The molecule has 0 aromatic heterocycles. The zero-order valence-corrected chi connectivity index (χ0v) is 11.1. The van der Waals surface area contributed by atoms with Crippen LogP contribution in [0.5, 0.6) is 0 Å². The first-order valence-corrected chi connectivity index (χ1v) is 7.29. The molecule has 1 saturated heterocycles. The molecule has 2 rings (SSSR count). The molecule has 0 aromatic carbocycles. The molecule has 1 heterocycles. The van der Waals surface area contributed by atoms with E-state index in [0.29, 0.717) is 11.9 Å². The van der Waals surface area contributed by atoms with Crippen LogP contribution in [0, 0.1) is 0 Å². The minimum atomic E-state index is 0.0874. The van der Waals surface area contributed by atoms with Gasteiger partial charge in [-0.2, -0.15) is 0 Å². The van der Waals surface area contributed by atoms with Crippen LogP contribution in [0.1, 0.15) is 57.8 Å². The highest BCUT2D eigenvalue weighted by Gasteiger charge is 2.27. The second-order valence-electron chi connectivity index (χ2n) is 5.60. The van der Waals surface area contributed by atoms with Crippen molar-refractivity contribution in [3.63, 3.8) is 0 Å². The summed E-state index contributed by atoms with van der Waals surface area (Å²) in [6, 6.07) is 0.589. The van der Waals surface area contributed by atoms with Gasteiger partial charge < -0.3 is 10.2 Å². The van der Waals surface area contributed by atoms with Crippen LogP contribution >= 0.6 is 0 Å². The molecule has 1 aliphatic carbocycles. The van der Waals surface area contributed by atoms with Gasteiger partial charge in [0.15, 0.2) is 0 Å². The number of nitrogens with one attached hydrogen (secondary N) is 1. The highest BCUT2D eigenvalue weighted by Crippen LogP contribution is 2.22. The van der Waals surface area contributed by atoms with E-state index in [2.05, 4.69) is 5.32 Å². The summed E-state index contributed by atoms with van der Waals surface area (Å²) >= 11 is 0. The second kappa shape index (κ2) is 6.39. The molecule has 0 radical (unpaired) electrons. The smallest absolute Gasteiger partial charge is 0.239 e. The number of carbonyl (C=O) groups excluding carboxylic acids is 1. The number of hydrogen-bond acceptors (Lipinski definition) is 2. The molecule has 0 spiro atoms. The summed E-state index contributed by atoms with van der Waals surface area (Å²) in [6.45, 7) is 1.01. The minimum Gasteiger partial charge on any atom is -0.341 e. The number of hydrogen-bond donors (Lipinski definition) is 1. The van der Waals surface area contributed by atoms with E-state index in [1.54, 1.807) is 0 Å². The van der Waals surface area contributed by atoms with Gasteiger partial charge in [-0.1, -0.05) is 32.1 Å². The summed E-state index contributed by atoms with van der Waals surface area (Å²) in [5.74, 6) is 0.332. The van der Waals surface area contributed by atoms with E-state index >= 15 is 0 Å². The summed E-state index contributed by atoms with van der Waals surface area (Å²) < 4.78 is 0. The molecule has 98 valence electrons. The highest BCUT2D eigenvalue weighted by atomic mass is 16.2. The van der Waals surface area contributed by atoms with Gasteiger partial charge in [0.25, 0.3) is 0 Å². The third-order valence-electron chi connectivity index (χ3n) is 4.33. The van der Waals surface area contributed by atoms with Gasteiger partial charge >= 0.3 is 0 Å². The standard InChI is InChI=1S/C14H26N2O/c1-16(12-8-4-2-5-9-12)14(17)13-10-6-3-7-11-15-13/h12-13,15H,2-11H2,1H3. The zero-order chi connectivity index (χ0) is 12.1. The van der Waals surface area contributed by atoms with Crippen LogP contribution in [0.2, 0.25) is 0 Å². The fraction of sp³-hybridized carbons (Fsp3) is 0.929. The van der Waals surface area contributed by atoms with E-state index in [-0.39, 0.29) is 6.04 Å². The first kappa shape index (κ1) is 12.9. The van der Waals surface area contributed by atoms with Gasteiger partial charge in [-0.05, 0) is 32.2 Å². The van der Waals surface area contributed by atoms with E-state index in [1.165, 1.54) is 51.4 Å². The normalized spacial score (nSPS) is 27.5. The molecule has 3 nitrogen and oxygen atoms in total. The van der Waals surface area contributed by atoms with Gasteiger partial charge in [-0.15, -0.1) is 0 Å². The van der Waals surface area contributed by atoms with Crippen molar-refractivity contribution in [2.45, 2.75) is 69.9 Å². The molecule has 1 aliphatic heterocycles. The molecular weight excluding hydrogens is 212 g/mol. The Kier molecular flexibility index (Phi) is 4.84. The fourth-order valence-corrected chi connectivity index (χ4v) is 3.13. The average Bonchev–Trinajstić information content (AvgIpc) is 2.67. The largest absolute Gasteiger partial charge is 0.341 e. The first-order chi connectivity index (χ1) is 8.29. The molecule has 0 bridgehead atoms. The molecule has 3 heteroatoms. The number of likely N-dealkylation sites (N-methyl/N-ethyl adjacent to an activating group) is 1. The lowest BCUT2D eigenvalue weighted by molar-refractivity contribution is -0.134. The van der Waals surface area contributed by atoms with Crippen molar-refractivity contribution < 1.29 is 4.79 Å². The zero-order valence-electron chi connectivity index (χ0n) is 11.1. The SMILES string of the molecule is CN(C(=O)C1CCCCCN1)C1CCCCC1. The van der Waals surface area contributed by atoms with Gasteiger partial charge in [-0.25, -0.2) is 0 Å². The molecule has 2 fully saturated rings. The van der Waals surface area contributed by atoms with Crippen LogP contribution in [0.4, 0.5) is 0 Å². The maximum atomic E-state index is 12.4. The third-order valence-corrected chi connectivity index (χ3v) is 4.33. The highest BCUT2D eigenvalue weighted by molar-refractivity contribution is 5.82. The van der Waals surface area contributed by atoms with E-state index < -0.39 is 0 Å². The Morgan fingerprint density at radius 1 is 1.00 bits per heavy atom. The Bertz CT molecular complexity index is 241. The molecule has 2 aliphatic rings. The van der Waals surface area contributed by atoms with Gasteiger partial charge in [0.1, 0.15) is 0 Å². The Hall–Kier alpha value is -0.570. The van der Waals surface area contributed by atoms with E-state index in [4.69, 9.17) is 0 Å². The Morgan fingerprint density at radius 2 is 1.65 bits per heavy atom. The molecule has 0 aromatic rings. The maximum Gasteiger partial charge on any atom is 0.239 e. The van der Waals surface area contributed by atoms with Gasteiger partial charge in [0, 0.05) is 13.1 Å². The number of amides is 1. The predicted molar refractivity (Wildman–Crippen MR) is 69.9 cm³/mol. The molecule has 1 saturated carbocycles. The second-order valence-corrected chi connectivity index (χ2v) is 5.60. The lowest BCUT2D eigenvalue weighted by Crippen LogP contribution is -2.48. The Balaban J connectivity index is 1.88. The molecular formula is C14H26N2O. The minimum absolute atomic E-state index is 0.0874. The van der Waals surface area contributed by atoms with Crippen molar-refractivity contribution in [3.05, 3.63) is 0 Å². The number of carbonyl (C=O) groups is 1. The summed E-state index contributed by atoms with van der Waals surface area (Å²) in [7, 11) is 2.00. The van der Waals surface area contributed by atoms with Crippen LogP contribution in [0.25, 0.3) is 0 Å². The van der Waals surface area contributed by atoms with Crippen LogP contribution in [-0.4, -0.2) is 36.5 Å². The van der Waals surface area contributed by atoms with Crippen molar-refractivity contribution in [1.82, 2.24) is 10.2 Å². The Morgan fingerprint density at radius 3 is 2.41 bits per heavy atom. The van der Waals surface area contributed by atoms with Crippen LogP contribution in [0.15, 0.2) is 0 Å².